The lowest BCUT2D eigenvalue weighted by Gasteiger charge is -2.14. The predicted octanol–water partition coefficient (Wildman–Crippen LogP) is 2.34. The molecule has 0 bridgehead atoms. The third-order valence-electron chi connectivity index (χ3n) is 3.42. The molecule has 0 aromatic heterocycles. The van der Waals surface area contributed by atoms with Gasteiger partial charge in [-0.25, -0.2) is 4.79 Å². The van der Waals surface area contributed by atoms with Gasteiger partial charge in [0.1, 0.15) is 18.4 Å². The summed E-state index contributed by atoms with van der Waals surface area (Å²) >= 11 is 0. The lowest BCUT2D eigenvalue weighted by molar-refractivity contribution is -0.128. The van der Waals surface area contributed by atoms with Gasteiger partial charge in [0, 0.05) is 0 Å². The van der Waals surface area contributed by atoms with E-state index in [4.69, 9.17) is 4.74 Å². The van der Waals surface area contributed by atoms with E-state index in [9.17, 15) is 9.59 Å². The zero-order valence-electron chi connectivity index (χ0n) is 12.8. The van der Waals surface area contributed by atoms with E-state index in [1.807, 2.05) is 45.0 Å². The number of hydrogen-bond acceptors (Lipinski definition) is 3. The topological polar surface area (TPSA) is 58.6 Å². The fourth-order valence-corrected chi connectivity index (χ4v) is 2.31. The molecule has 1 aromatic rings. The summed E-state index contributed by atoms with van der Waals surface area (Å²) in [4.78, 5) is 25.2. The highest BCUT2D eigenvalue weighted by Gasteiger charge is 2.37. The molecule has 1 fully saturated rings. The molecule has 1 aliphatic rings. The van der Waals surface area contributed by atoms with Crippen LogP contribution in [0.2, 0.25) is 0 Å². The molecular formula is C16H22N2O3. The second kappa shape index (κ2) is 6.61. The van der Waals surface area contributed by atoms with Gasteiger partial charge in [0.2, 0.25) is 0 Å². The molecule has 0 radical (unpaired) electrons. The van der Waals surface area contributed by atoms with Gasteiger partial charge in [-0.1, -0.05) is 31.5 Å². The number of amides is 3. The molecule has 1 aliphatic heterocycles. The Bertz CT molecular complexity index is 511. The normalized spacial score (nSPS) is 18.3. The Morgan fingerprint density at radius 1 is 1.24 bits per heavy atom. The molecule has 21 heavy (non-hydrogen) atoms. The van der Waals surface area contributed by atoms with Crippen LogP contribution in [0.1, 0.15) is 25.8 Å². The zero-order valence-corrected chi connectivity index (χ0v) is 12.8. The maximum Gasteiger partial charge on any atom is 0.324 e. The molecule has 1 atom stereocenters. The molecule has 5 nitrogen and oxygen atoms in total. The number of aryl methyl sites for hydroxylation is 1. The molecule has 1 saturated heterocycles. The Morgan fingerprint density at radius 3 is 2.52 bits per heavy atom. The van der Waals surface area contributed by atoms with Crippen LogP contribution in [-0.4, -0.2) is 36.0 Å². The van der Waals surface area contributed by atoms with Crippen LogP contribution in [0, 0.1) is 12.8 Å². The first kappa shape index (κ1) is 15.4. The SMILES string of the molecule is Cc1ccc(OCCN2C(=O)N[C@H](CC(C)C)C2=O)cc1. The summed E-state index contributed by atoms with van der Waals surface area (Å²) in [5, 5.41) is 2.72. The van der Waals surface area contributed by atoms with E-state index < -0.39 is 6.04 Å². The molecule has 114 valence electrons. The standard InChI is InChI=1S/C16H22N2O3/c1-11(2)10-14-15(19)18(16(20)17-14)8-9-21-13-6-4-12(3)5-7-13/h4-7,11,14H,8-10H2,1-3H3,(H,17,20)/t14-/m1/s1. The molecule has 0 saturated carbocycles. The van der Waals surface area contributed by atoms with Gasteiger partial charge in [-0.3, -0.25) is 9.69 Å². The van der Waals surface area contributed by atoms with E-state index in [0.29, 0.717) is 18.9 Å². The summed E-state index contributed by atoms with van der Waals surface area (Å²) in [6, 6.07) is 6.96. The Balaban J connectivity index is 1.84. The van der Waals surface area contributed by atoms with Crippen molar-refractivity contribution in [3.63, 3.8) is 0 Å². The average Bonchev–Trinajstić information content (AvgIpc) is 2.67. The highest BCUT2D eigenvalue weighted by molar-refractivity contribution is 6.04. The third-order valence-corrected chi connectivity index (χ3v) is 3.42. The Morgan fingerprint density at radius 2 is 1.90 bits per heavy atom. The van der Waals surface area contributed by atoms with Crippen LogP contribution in [-0.2, 0) is 4.79 Å². The highest BCUT2D eigenvalue weighted by Crippen LogP contribution is 2.15. The Labute approximate surface area is 125 Å². The van der Waals surface area contributed by atoms with E-state index in [-0.39, 0.29) is 18.5 Å². The van der Waals surface area contributed by atoms with Crippen molar-refractivity contribution in [2.45, 2.75) is 33.2 Å². The molecule has 0 unspecified atom stereocenters. The molecule has 3 amide bonds. The molecule has 2 rings (SSSR count). The van der Waals surface area contributed by atoms with E-state index >= 15 is 0 Å². The molecule has 0 aliphatic carbocycles. The van der Waals surface area contributed by atoms with Crippen LogP contribution in [0.15, 0.2) is 24.3 Å². The fourth-order valence-electron chi connectivity index (χ4n) is 2.31. The number of benzene rings is 1. The van der Waals surface area contributed by atoms with Gasteiger partial charge < -0.3 is 10.1 Å². The van der Waals surface area contributed by atoms with Crippen molar-refractivity contribution < 1.29 is 14.3 Å². The monoisotopic (exact) mass is 290 g/mol. The van der Waals surface area contributed by atoms with Gasteiger partial charge in [0.25, 0.3) is 5.91 Å². The van der Waals surface area contributed by atoms with Crippen LogP contribution in [0.25, 0.3) is 0 Å². The quantitative estimate of drug-likeness (QED) is 0.818. The van der Waals surface area contributed by atoms with E-state index in [2.05, 4.69) is 5.32 Å². The van der Waals surface area contributed by atoms with Gasteiger partial charge in [-0.15, -0.1) is 0 Å². The minimum atomic E-state index is -0.392. The number of imide groups is 1. The molecular weight excluding hydrogens is 268 g/mol. The molecule has 1 N–H and O–H groups in total. The molecule has 5 heteroatoms. The number of carbonyl (C=O) groups is 2. The zero-order chi connectivity index (χ0) is 15.4. The van der Waals surface area contributed by atoms with Crippen molar-refractivity contribution in [3.8, 4) is 5.75 Å². The van der Waals surface area contributed by atoms with Gasteiger partial charge in [0.15, 0.2) is 0 Å². The number of rotatable bonds is 6. The smallest absolute Gasteiger partial charge is 0.324 e. The Kier molecular flexibility index (Phi) is 4.83. The van der Waals surface area contributed by atoms with Gasteiger partial charge in [-0.05, 0) is 31.4 Å². The summed E-state index contributed by atoms with van der Waals surface area (Å²) < 4.78 is 5.56. The largest absolute Gasteiger partial charge is 0.492 e. The molecule has 1 aromatic carbocycles. The molecule has 1 heterocycles. The van der Waals surface area contributed by atoms with Crippen LogP contribution in [0.3, 0.4) is 0 Å². The van der Waals surface area contributed by atoms with Crippen LogP contribution in [0.5, 0.6) is 5.75 Å². The Hall–Kier alpha value is -2.04. The maximum absolute atomic E-state index is 12.1. The summed E-state index contributed by atoms with van der Waals surface area (Å²) in [5.74, 6) is 0.954. The predicted molar refractivity (Wildman–Crippen MR) is 80.2 cm³/mol. The second-order valence-electron chi connectivity index (χ2n) is 5.78. The van der Waals surface area contributed by atoms with Crippen molar-refractivity contribution in [1.29, 1.82) is 0 Å². The number of hydrogen-bond donors (Lipinski definition) is 1. The first-order chi connectivity index (χ1) is 9.97. The first-order valence-corrected chi connectivity index (χ1v) is 7.28. The van der Waals surface area contributed by atoms with Crippen molar-refractivity contribution >= 4 is 11.9 Å². The van der Waals surface area contributed by atoms with Crippen molar-refractivity contribution in [1.82, 2.24) is 10.2 Å². The fraction of sp³-hybridized carbons (Fsp3) is 0.500. The van der Waals surface area contributed by atoms with Gasteiger partial charge in [-0.2, -0.15) is 0 Å². The number of urea groups is 1. The summed E-state index contributed by atoms with van der Waals surface area (Å²) in [6.45, 7) is 6.64. The lowest BCUT2D eigenvalue weighted by Crippen LogP contribution is -2.35. The van der Waals surface area contributed by atoms with Gasteiger partial charge in [0.05, 0.1) is 6.54 Å². The summed E-state index contributed by atoms with van der Waals surface area (Å²) in [7, 11) is 0. The number of carbonyl (C=O) groups excluding carboxylic acids is 2. The molecule has 0 spiro atoms. The van der Waals surface area contributed by atoms with Crippen molar-refractivity contribution in [2.24, 2.45) is 5.92 Å². The van der Waals surface area contributed by atoms with Crippen LogP contribution >= 0.6 is 0 Å². The lowest BCUT2D eigenvalue weighted by atomic mass is 10.0. The number of nitrogens with one attached hydrogen (secondary N) is 1. The van der Waals surface area contributed by atoms with Crippen LogP contribution in [0.4, 0.5) is 4.79 Å². The third kappa shape index (κ3) is 3.97. The maximum atomic E-state index is 12.1. The summed E-state index contributed by atoms with van der Waals surface area (Å²) in [6.07, 6.45) is 0.667. The van der Waals surface area contributed by atoms with Crippen molar-refractivity contribution in [3.05, 3.63) is 29.8 Å². The second-order valence-corrected chi connectivity index (χ2v) is 5.78. The minimum absolute atomic E-state index is 0.152. The van der Waals surface area contributed by atoms with Crippen molar-refractivity contribution in [2.75, 3.05) is 13.2 Å². The van der Waals surface area contributed by atoms with E-state index in [1.165, 1.54) is 4.90 Å². The summed E-state index contributed by atoms with van der Waals surface area (Å²) in [5.41, 5.74) is 1.16. The van der Waals surface area contributed by atoms with Gasteiger partial charge >= 0.3 is 6.03 Å². The van der Waals surface area contributed by atoms with Crippen LogP contribution < -0.4 is 10.1 Å². The number of ether oxygens (including phenoxy) is 1. The first-order valence-electron chi connectivity index (χ1n) is 7.28. The minimum Gasteiger partial charge on any atom is -0.492 e. The average molecular weight is 290 g/mol. The van der Waals surface area contributed by atoms with E-state index in [1.54, 1.807) is 0 Å². The number of nitrogens with zero attached hydrogens (tertiary/aromatic N) is 1. The highest BCUT2D eigenvalue weighted by atomic mass is 16.5. The van der Waals surface area contributed by atoms with E-state index in [0.717, 1.165) is 11.3 Å².